The molecular formula is C16H20N2O3. The van der Waals surface area contributed by atoms with Crippen molar-refractivity contribution in [1.29, 1.82) is 5.26 Å². The van der Waals surface area contributed by atoms with Crippen LogP contribution in [0.25, 0.3) is 0 Å². The molecule has 0 saturated heterocycles. The standard InChI is InChI=1S/C16H20N2O3/c1-10-5-6-13(7-11(10)2)15(19)14(8-17)16(20)18-12(3)9-21-4/h5-7,12,14H,9H2,1-4H3,(H,18,20)/t12-,14+/m1/s1. The molecule has 2 atom stereocenters. The highest BCUT2D eigenvalue weighted by Crippen LogP contribution is 2.14. The van der Waals surface area contributed by atoms with Gasteiger partial charge in [-0.2, -0.15) is 5.26 Å². The van der Waals surface area contributed by atoms with E-state index in [0.29, 0.717) is 12.2 Å². The topological polar surface area (TPSA) is 79.2 Å². The van der Waals surface area contributed by atoms with Gasteiger partial charge in [0.1, 0.15) is 0 Å². The van der Waals surface area contributed by atoms with E-state index in [1.807, 2.05) is 19.9 Å². The van der Waals surface area contributed by atoms with Crippen LogP contribution in [0.1, 0.15) is 28.4 Å². The van der Waals surface area contributed by atoms with Crippen molar-refractivity contribution in [2.75, 3.05) is 13.7 Å². The number of benzene rings is 1. The summed E-state index contributed by atoms with van der Waals surface area (Å²) in [6.07, 6.45) is 0. The van der Waals surface area contributed by atoms with Crippen LogP contribution in [0.15, 0.2) is 18.2 Å². The molecule has 0 bridgehead atoms. The molecule has 0 fully saturated rings. The number of carbonyl (C=O) groups is 2. The van der Waals surface area contributed by atoms with Crippen LogP contribution in [0.5, 0.6) is 0 Å². The van der Waals surface area contributed by atoms with E-state index in [9.17, 15) is 9.59 Å². The third-order valence-electron chi connectivity index (χ3n) is 3.25. The quantitative estimate of drug-likeness (QED) is 0.639. The molecule has 0 heterocycles. The maximum atomic E-state index is 12.3. The van der Waals surface area contributed by atoms with Gasteiger partial charge >= 0.3 is 0 Å². The molecule has 1 amide bonds. The largest absolute Gasteiger partial charge is 0.383 e. The maximum Gasteiger partial charge on any atom is 0.245 e. The maximum absolute atomic E-state index is 12.3. The molecule has 0 aliphatic heterocycles. The number of rotatable bonds is 6. The van der Waals surface area contributed by atoms with Crippen LogP contribution >= 0.6 is 0 Å². The fraction of sp³-hybridized carbons (Fsp3) is 0.438. The first kappa shape index (κ1) is 16.9. The van der Waals surface area contributed by atoms with Gasteiger partial charge in [-0.25, -0.2) is 0 Å². The summed E-state index contributed by atoms with van der Waals surface area (Å²) >= 11 is 0. The van der Waals surface area contributed by atoms with E-state index in [-0.39, 0.29) is 6.04 Å². The number of nitriles is 1. The van der Waals surface area contributed by atoms with E-state index in [0.717, 1.165) is 11.1 Å². The highest BCUT2D eigenvalue weighted by molar-refractivity contribution is 6.12. The zero-order valence-corrected chi connectivity index (χ0v) is 12.8. The zero-order valence-electron chi connectivity index (χ0n) is 12.8. The average molecular weight is 288 g/mol. The Labute approximate surface area is 124 Å². The van der Waals surface area contributed by atoms with Gasteiger partial charge in [-0.05, 0) is 38.0 Å². The van der Waals surface area contributed by atoms with Crippen molar-refractivity contribution in [3.8, 4) is 6.07 Å². The number of methoxy groups -OCH3 is 1. The van der Waals surface area contributed by atoms with Gasteiger partial charge in [-0.1, -0.05) is 12.1 Å². The van der Waals surface area contributed by atoms with Crippen molar-refractivity contribution in [2.24, 2.45) is 5.92 Å². The zero-order chi connectivity index (χ0) is 16.0. The van der Waals surface area contributed by atoms with Gasteiger partial charge in [0.25, 0.3) is 0 Å². The Balaban J connectivity index is 2.89. The van der Waals surface area contributed by atoms with Crippen molar-refractivity contribution in [3.63, 3.8) is 0 Å². The molecule has 0 aromatic heterocycles. The summed E-state index contributed by atoms with van der Waals surface area (Å²) in [6.45, 7) is 5.89. The molecule has 0 unspecified atom stereocenters. The number of aryl methyl sites for hydroxylation is 2. The van der Waals surface area contributed by atoms with Crippen LogP contribution in [0.3, 0.4) is 0 Å². The molecule has 5 heteroatoms. The number of ether oxygens (including phenoxy) is 1. The number of carbonyl (C=O) groups excluding carboxylic acids is 2. The smallest absolute Gasteiger partial charge is 0.245 e. The summed E-state index contributed by atoms with van der Waals surface area (Å²) in [7, 11) is 1.52. The number of nitrogens with one attached hydrogen (secondary N) is 1. The van der Waals surface area contributed by atoms with Crippen molar-refractivity contribution < 1.29 is 14.3 Å². The Morgan fingerprint density at radius 3 is 2.52 bits per heavy atom. The molecule has 112 valence electrons. The summed E-state index contributed by atoms with van der Waals surface area (Å²) in [5.41, 5.74) is 2.38. The van der Waals surface area contributed by atoms with Gasteiger partial charge < -0.3 is 10.1 Å². The van der Waals surface area contributed by atoms with E-state index in [1.165, 1.54) is 7.11 Å². The lowest BCUT2D eigenvalue weighted by atomic mass is 9.95. The minimum absolute atomic E-state index is 0.258. The fourth-order valence-electron chi connectivity index (χ4n) is 1.92. The Morgan fingerprint density at radius 2 is 2.00 bits per heavy atom. The lowest BCUT2D eigenvalue weighted by Gasteiger charge is -2.15. The van der Waals surface area contributed by atoms with Crippen LogP contribution < -0.4 is 5.32 Å². The van der Waals surface area contributed by atoms with Gasteiger partial charge in [0.15, 0.2) is 11.7 Å². The van der Waals surface area contributed by atoms with E-state index in [4.69, 9.17) is 10.00 Å². The van der Waals surface area contributed by atoms with Crippen LogP contribution in [0, 0.1) is 31.1 Å². The van der Waals surface area contributed by atoms with Gasteiger partial charge in [0.05, 0.1) is 12.7 Å². The summed E-state index contributed by atoms with van der Waals surface area (Å²) in [4.78, 5) is 24.3. The van der Waals surface area contributed by atoms with Gasteiger partial charge in [-0.15, -0.1) is 0 Å². The number of Topliss-reactive ketones (excluding diaryl/α,β-unsaturated/α-hetero) is 1. The Kier molecular flexibility index (Phi) is 6.07. The van der Waals surface area contributed by atoms with Gasteiger partial charge in [-0.3, -0.25) is 9.59 Å². The number of amides is 1. The molecule has 0 spiro atoms. The first-order chi connectivity index (χ1) is 9.90. The number of ketones is 1. The second kappa shape index (κ2) is 7.55. The van der Waals surface area contributed by atoms with E-state index in [1.54, 1.807) is 25.1 Å². The van der Waals surface area contributed by atoms with Crippen LogP contribution in [0.4, 0.5) is 0 Å². The second-order valence-electron chi connectivity index (χ2n) is 5.09. The molecule has 21 heavy (non-hydrogen) atoms. The average Bonchev–Trinajstić information content (AvgIpc) is 2.42. The lowest BCUT2D eigenvalue weighted by molar-refractivity contribution is -0.123. The third kappa shape index (κ3) is 4.40. The molecule has 1 aromatic carbocycles. The van der Waals surface area contributed by atoms with E-state index in [2.05, 4.69) is 5.32 Å². The summed E-state index contributed by atoms with van der Waals surface area (Å²) in [5, 5.41) is 11.7. The van der Waals surface area contributed by atoms with Crippen LogP contribution in [-0.2, 0) is 9.53 Å². The highest BCUT2D eigenvalue weighted by atomic mass is 16.5. The molecule has 1 aromatic rings. The number of hydrogen-bond acceptors (Lipinski definition) is 4. The predicted octanol–water partition coefficient (Wildman–Crippen LogP) is 1.78. The third-order valence-corrected chi connectivity index (χ3v) is 3.25. The summed E-state index contributed by atoms with van der Waals surface area (Å²) in [5.74, 6) is -2.42. The summed E-state index contributed by atoms with van der Waals surface area (Å²) in [6, 6.07) is 6.67. The first-order valence-corrected chi connectivity index (χ1v) is 6.71. The molecule has 1 N–H and O–H groups in total. The second-order valence-corrected chi connectivity index (χ2v) is 5.09. The lowest BCUT2D eigenvalue weighted by Crippen LogP contribution is -2.41. The molecule has 0 radical (unpaired) electrons. The van der Waals surface area contributed by atoms with Crippen molar-refractivity contribution in [2.45, 2.75) is 26.8 Å². The molecule has 5 nitrogen and oxygen atoms in total. The molecular weight excluding hydrogens is 268 g/mol. The number of nitrogens with zero attached hydrogens (tertiary/aromatic N) is 1. The Hall–Kier alpha value is -2.19. The summed E-state index contributed by atoms with van der Waals surface area (Å²) < 4.78 is 4.91. The minimum Gasteiger partial charge on any atom is -0.383 e. The Bertz CT molecular complexity index is 575. The highest BCUT2D eigenvalue weighted by Gasteiger charge is 2.28. The number of hydrogen-bond donors (Lipinski definition) is 1. The molecule has 0 aliphatic rings. The van der Waals surface area contributed by atoms with Crippen molar-refractivity contribution in [3.05, 3.63) is 34.9 Å². The minimum atomic E-state index is -1.34. The van der Waals surface area contributed by atoms with Gasteiger partial charge in [0.2, 0.25) is 5.91 Å². The Morgan fingerprint density at radius 1 is 1.33 bits per heavy atom. The SMILES string of the molecule is COC[C@@H](C)NC(=O)[C@@H](C#N)C(=O)c1ccc(C)c(C)c1. The van der Waals surface area contributed by atoms with E-state index < -0.39 is 17.6 Å². The van der Waals surface area contributed by atoms with Gasteiger partial charge in [0, 0.05) is 18.7 Å². The van der Waals surface area contributed by atoms with Crippen molar-refractivity contribution >= 4 is 11.7 Å². The van der Waals surface area contributed by atoms with Crippen LogP contribution in [-0.4, -0.2) is 31.4 Å². The molecule has 0 aliphatic carbocycles. The molecule has 1 rings (SSSR count). The van der Waals surface area contributed by atoms with Crippen molar-refractivity contribution in [1.82, 2.24) is 5.32 Å². The van der Waals surface area contributed by atoms with E-state index >= 15 is 0 Å². The molecule has 0 saturated carbocycles. The first-order valence-electron chi connectivity index (χ1n) is 6.71. The fourth-order valence-corrected chi connectivity index (χ4v) is 1.92. The predicted molar refractivity (Wildman–Crippen MR) is 78.8 cm³/mol. The monoisotopic (exact) mass is 288 g/mol. The van der Waals surface area contributed by atoms with Crippen LogP contribution in [0.2, 0.25) is 0 Å². The normalized spacial score (nSPS) is 13.1.